The van der Waals surface area contributed by atoms with Gasteiger partial charge in [0.05, 0.1) is 12.0 Å². The average Bonchev–Trinajstić information content (AvgIpc) is 3.14. The Morgan fingerprint density at radius 1 is 1.26 bits per heavy atom. The number of ether oxygens (including phenoxy) is 1. The fourth-order valence-corrected chi connectivity index (χ4v) is 3.85. The molecule has 0 saturated heterocycles. The second-order valence-corrected chi connectivity index (χ2v) is 7.47. The van der Waals surface area contributed by atoms with E-state index in [1.54, 1.807) is 30.3 Å². The summed E-state index contributed by atoms with van der Waals surface area (Å²) in [4.78, 5) is 22.7. The lowest BCUT2D eigenvalue weighted by molar-refractivity contribution is -0.384. The molecule has 1 aromatic heterocycles. The summed E-state index contributed by atoms with van der Waals surface area (Å²) < 4.78 is 5.76. The number of thioether (sulfide) groups is 1. The van der Waals surface area contributed by atoms with Gasteiger partial charge in [-0.15, -0.1) is 10.2 Å². The smallest absolute Gasteiger partial charge is 0.269 e. The number of nitro groups is 1. The number of methoxy groups -OCH3 is 1. The topological polar surface area (TPSA) is 107 Å². The van der Waals surface area contributed by atoms with E-state index in [0.29, 0.717) is 26.5 Å². The van der Waals surface area contributed by atoms with Crippen LogP contribution in [0.5, 0.6) is 5.75 Å². The molecule has 0 aliphatic carbocycles. The molecule has 0 bridgehead atoms. The van der Waals surface area contributed by atoms with E-state index in [1.165, 1.54) is 42.3 Å². The molecule has 0 spiro atoms. The molecule has 2 aromatic carbocycles. The van der Waals surface area contributed by atoms with Gasteiger partial charge in [0.1, 0.15) is 5.75 Å². The quantitative estimate of drug-likeness (QED) is 0.275. The third-order valence-corrected chi connectivity index (χ3v) is 5.49. The lowest BCUT2D eigenvalue weighted by Crippen LogP contribution is -2.11. The van der Waals surface area contributed by atoms with Crippen molar-refractivity contribution < 1.29 is 14.5 Å². The fourth-order valence-electron chi connectivity index (χ4n) is 2.16. The number of rotatable bonds is 7. The summed E-state index contributed by atoms with van der Waals surface area (Å²) in [6.45, 7) is 0. The van der Waals surface area contributed by atoms with Gasteiger partial charge in [-0.3, -0.25) is 20.2 Å². The van der Waals surface area contributed by atoms with Gasteiger partial charge >= 0.3 is 0 Å². The molecule has 3 rings (SSSR count). The van der Waals surface area contributed by atoms with Gasteiger partial charge < -0.3 is 4.74 Å². The fraction of sp³-hybridized carbons (Fsp3) is 0.118. The molecule has 8 nitrogen and oxygen atoms in total. The van der Waals surface area contributed by atoms with Crippen molar-refractivity contribution >= 4 is 39.8 Å². The van der Waals surface area contributed by atoms with Crippen LogP contribution in [-0.2, 0) is 5.75 Å². The Morgan fingerprint density at radius 3 is 2.85 bits per heavy atom. The standard InChI is InChI=1S/C17H14N4O4S2/c1-25-14-7-3-5-12(9-14)15(22)18-16-19-20-17(27-16)26-10-11-4-2-6-13(8-11)21(23)24/h2-9H,10H2,1H3,(H,18,19,22). The molecule has 0 radical (unpaired) electrons. The van der Waals surface area contributed by atoms with Crippen LogP contribution in [0.3, 0.4) is 0 Å². The van der Waals surface area contributed by atoms with Crippen LogP contribution < -0.4 is 10.1 Å². The number of carbonyl (C=O) groups excluding carboxylic acids is 1. The summed E-state index contributed by atoms with van der Waals surface area (Å²) in [7, 11) is 1.53. The number of hydrogen-bond acceptors (Lipinski definition) is 8. The minimum atomic E-state index is -0.425. The number of nitro benzene ring substituents is 1. The molecule has 0 aliphatic rings. The highest BCUT2D eigenvalue weighted by Crippen LogP contribution is 2.29. The van der Waals surface area contributed by atoms with Crippen LogP contribution in [0.25, 0.3) is 0 Å². The van der Waals surface area contributed by atoms with Crippen molar-refractivity contribution in [3.05, 3.63) is 69.8 Å². The monoisotopic (exact) mass is 402 g/mol. The zero-order valence-electron chi connectivity index (χ0n) is 14.1. The first kappa shape index (κ1) is 18.8. The number of nitrogens with zero attached hydrogens (tertiary/aromatic N) is 3. The first-order valence-corrected chi connectivity index (χ1v) is 9.50. The maximum atomic E-state index is 12.3. The van der Waals surface area contributed by atoms with Crippen LogP contribution in [0.2, 0.25) is 0 Å². The molecule has 10 heteroatoms. The Balaban J connectivity index is 1.60. The van der Waals surface area contributed by atoms with Gasteiger partial charge in [-0.1, -0.05) is 41.3 Å². The van der Waals surface area contributed by atoms with Crippen molar-refractivity contribution in [3.63, 3.8) is 0 Å². The molecule has 0 saturated carbocycles. The van der Waals surface area contributed by atoms with Crippen molar-refractivity contribution in [2.45, 2.75) is 10.1 Å². The van der Waals surface area contributed by atoms with Crippen LogP contribution in [0.15, 0.2) is 52.9 Å². The first-order chi connectivity index (χ1) is 13.0. The number of hydrogen-bond donors (Lipinski definition) is 1. The van der Waals surface area contributed by atoms with Gasteiger partial charge in [0.2, 0.25) is 5.13 Å². The zero-order chi connectivity index (χ0) is 19.2. The summed E-state index contributed by atoms with van der Waals surface area (Å²) in [6.07, 6.45) is 0. The minimum absolute atomic E-state index is 0.0524. The number of anilines is 1. The molecule has 1 amide bonds. The number of nitrogens with one attached hydrogen (secondary N) is 1. The van der Waals surface area contributed by atoms with Crippen LogP contribution in [0.1, 0.15) is 15.9 Å². The van der Waals surface area contributed by atoms with Crippen molar-refractivity contribution in [1.29, 1.82) is 0 Å². The molecule has 0 unspecified atom stereocenters. The third-order valence-electron chi connectivity index (χ3n) is 3.44. The van der Waals surface area contributed by atoms with Crippen molar-refractivity contribution in [3.8, 4) is 5.75 Å². The van der Waals surface area contributed by atoms with E-state index in [1.807, 2.05) is 6.07 Å². The summed E-state index contributed by atoms with van der Waals surface area (Å²) >= 11 is 2.63. The first-order valence-electron chi connectivity index (χ1n) is 7.70. The number of amides is 1. The molecule has 1 N–H and O–H groups in total. The Bertz CT molecular complexity index is 977. The predicted octanol–water partition coefficient (Wildman–Crippen LogP) is 4.00. The van der Waals surface area contributed by atoms with E-state index in [2.05, 4.69) is 15.5 Å². The Hall–Kier alpha value is -2.98. The van der Waals surface area contributed by atoms with E-state index in [4.69, 9.17) is 4.74 Å². The Kier molecular flexibility index (Phi) is 5.99. The van der Waals surface area contributed by atoms with E-state index in [0.717, 1.165) is 5.56 Å². The maximum Gasteiger partial charge on any atom is 0.269 e. The van der Waals surface area contributed by atoms with Crippen molar-refractivity contribution in [2.75, 3.05) is 12.4 Å². The van der Waals surface area contributed by atoms with Gasteiger partial charge in [0, 0.05) is 23.4 Å². The summed E-state index contributed by atoms with van der Waals surface area (Å²) in [6, 6.07) is 13.2. The van der Waals surface area contributed by atoms with Crippen molar-refractivity contribution in [2.24, 2.45) is 0 Å². The lowest BCUT2D eigenvalue weighted by Gasteiger charge is -2.03. The van der Waals surface area contributed by atoms with Crippen LogP contribution in [-0.4, -0.2) is 28.1 Å². The van der Waals surface area contributed by atoms with Gasteiger partial charge in [-0.25, -0.2) is 0 Å². The van der Waals surface area contributed by atoms with Crippen LogP contribution in [0, 0.1) is 10.1 Å². The molecule has 1 heterocycles. The van der Waals surface area contributed by atoms with Crippen molar-refractivity contribution in [1.82, 2.24) is 10.2 Å². The summed E-state index contributed by atoms with van der Waals surface area (Å²) in [5.41, 5.74) is 1.32. The SMILES string of the molecule is COc1cccc(C(=O)Nc2nnc(SCc3cccc([N+](=O)[O-])c3)s2)c1. The minimum Gasteiger partial charge on any atom is -0.497 e. The second-order valence-electron chi connectivity index (χ2n) is 5.27. The van der Waals surface area contributed by atoms with E-state index < -0.39 is 4.92 Å². The molecular weight excluding hydrogens is 388 g/mol. The third kappa shape index (κ3) is 5.02. The molecule has 0 fully saturated rings. The zero-order valence-corrected chi connectivity index (χ0v) is 15.8. The number of aromatic nitrogens is 2. The van der Waals surface area contributed by atoms with E-state index in [-0.39, 0.29) is 11.6 Å². The normalized spacial score (nSPS) is 10.4. The van der Waals surface area contributed by atoms with Crippen LogP contribution in [0.4, 0.5) is 10.8 Å². The van der Waals surface area contributed by atoms with Gasteiger partial charge in [0.15, 0.2) is 4.34 Å². The molecule has 27 heavy (non-hydrogen) atoms. The Labute approximate surface area is 162 Å². The molecule has 138 valence electrons. The van der Waals surface area contributed by atoms with E-state index in [9.17, 15) is 14.9 Å². The van der Waals surface area contributed by atoms with E-state index >= 15 is 0 Å². The predicted molar refractivity (Wildman–Crippen MR) is 104 cm³/mol. The molecule has 3 aromatic rings. The molecule has 0 aliphatic heterocycles. The van der Waals surface area contributed by atoms with Gasteiger partial charge in [0.25, 0.3) is 11.6 Å². The average molecular weight is 402 g/mol. The number of benzene rings is 2. The van der Waals surface area contributed by atoms with Gasteiger partial charge in [-0.05, 0) is 23.8 Å². The highest BCUT2D eigenvalue weighted by atomic mass is 32.2. The van der Waals surface area contributed by atoms with Crippen LogP contribution >= 0.6 is 23.1 Å². The highest BCUT2D eigenvalue weighted by molar-refractivity contribution is 8.00. The maximum absolute atomic E-state index is 12.3. The largest absolute Gasteiger partial charge is 0.497 e. The molecule has 0 atom stereocenters. The highest BCUT2D eigenvalue weighted by Gasteiger charge is 2.12. The number of carbonyl (C=O) groups is 1. The summed E-state index contributed by atoms with van der Waals surface area (Å²) in [5, 5.41) is 21.9. The van der Waals surface area contributed by atoms with Gasteiger partial charge in [-0.2, -0.15) is 0 Å². The number of non-ortho nitro benzene ring substituents is 1. The second kappa shape index (κ2) is 8.60. The lowest BCUT2D eigenvalue weighted by atomic mass is 10.2. The summed E-state index contributed by atoms with van der Waals surface area (Å²) in [5.74, 6) is 0.800. The Morgan fingerprint density at radius 2 is 2.07 bits per heavy atom. The molecular formula is C17H14N4O4S2.